The number of ether oxygens (including phenoxy) is 1. The molecular formula is C13H13BrN2O. The Hall–Kier alpha value is -1.55. The van der Waals surface area contributed by atoms with Gasteiger partial charge in [0, 0.05) is 22.9 Å². The Morgan fingerprint density at radius 1 is 1.18 bits per heavy atom. The van der Waals surface area contributed by atoms with Gasteiger partial charge in [-0.2, -0.15) is 0 Å². The van der Waals surface area contributed by atoms with E-state index >= 15 is 0 Å². The van der Waals surface area contributed by atoms with E-state index in [9.17, 15) is 0 Å². The molecule has 88 valence electrons. The van der Waals surface area contributed by atoms with Crippen molar-refractivity contribution in [3.8, 4) is 5.75 Å². The number of aromatic nitrogens is 1. The van der Waals surface area contributed by atoms with Crippen molar-refractivity contribution in [2.75, 3.05) is 18.5 Å². The van der Waals surface area contributed by atoms with E-state index in [1.54, 1.807) is 12.4 Å². The first kappa shape index (κ1) is 11.9. The molecule has 1 N–H and O–H groups in total. The van der Waals surface area contributed by atoms with Crippen LogP contribution in [-0.2, 0) is 0 Å². The summed E-state index contributed by atoms with van der Waals surface area (Å²) >= 11 is 3.40. The van der Waals surface area contributed by atoms with Gasteiger partial charge >= 0.3 is 0 Å². The van der Waals surface area contributed by atoms with Crippen LogP contribution in [0, 0.1) is 0 Å². The van der Waals surface area contributed by atoms with Crippen molar-refractivity contribution in [2.24, 2.45) is 0 Å². The molecule has 0 saturated carbocycles. The Balaban J connectivity index is 1.71. The number of rotatable bonds is 5. The molecule has 4 heteroatoms. The summed E-state index contributed by atoms with van der Waals surface area (Å²) in [5.41, 5.74) is 1.09. The van der Waals surface area contributed by atoms with Crippen LogP contribution in [0.25, 0.3) is 0 Å². The van der Waals surface area contributed by atoms with Crippen molar-refractivity contribution in [2.45, 2.75) is 0 Å². The number of nitrogens with one attached hydrogen (secondary N) is 1. The predicted octanol–water partition coefficient (Wildman–Crippen LogP) is 3.34. The third-order valence-corrected chi connectivity index (χ3v) is 2.71. The van der Waals surface area contributed by atoms with Gasteiger partial charge in [0.1, 0.15) is 12.4 Å². The van der Waals surface area contributed by atoms with Crippen molar-refractivity contribution in [3.05, 3.63) is 53.3 Å². The van der Waals surface area contributed by atoms with E-state index in [0.29, 0.717) is 6.61 Å². The fourth-order valence-corrected chi connectivity index (χ4v) is 1.63. The van der Waals surface area contributed by atoms with E-state index in [0.717, 1.165) is 22.5 Å². The topological polar surface area (TPSA) is 34.1 Å². The van der Waals surface area contributed by atoms with Gasteiger partial charge in [-0.05, 0) is 36.4 Å². The third-order valence-electron chi connectivity index (χ3n) is 2.18. The zero-order valence-corrected chi connectivity index (χ0v) is 10.9. The standard InChI is InChI=1S/C13H13BrN2O/c14-11-3-5-12(6-4-11)16-8-9-17-13-2-1-7-15-10-13/h1-7,10,16H,8-9H2. The highest BCUT2D eigenvalue weighted by Gasteiger charge is 1.93. The first-order valence-electron chi connectivity index (χ1n) is 5.37. The van der Waals surface area contributed by atoms with Gasteiger partial charge in [-0.3, -0.25) is 4.98 Å². The third kappa shape index (κ3) is 4.07. The Labute approximate surface area is 109 Å². The van der Waals surface area contributed by atoms with Crippen LogP contribution in [-0.4, -0.2) is 18.1 Å². The minimum absolute atomic E-state index is 0.613. The van der Waals surface area contributed by atoms with Crippen LogP contribution in [0.15, 0.2) is 53.3 Å². The minimum Gasteiger partial charge on any atom is -0.490 e. The summed E-state index contributed by atoms with van der Waals surface area (Å²) in [4.78, 5) is 3.98. The summed E-state index contributed by atoms with van der Waals surface area (Å²) in [5.74, 6) is 0.796. The largest absolute Gasteiger partial charge is 0.490 e. The van der Waals surface area contributed by atoms with E-state index in [1.807, 2.05) is 36.4 Å². The average Bonchev–Trinajstić information content (AvgIpc) is 2.38. The maximum absolute atomic E-state index is 5.52. The smallest absolute Gasteiger partial charge is 0.137 e. The first-order valence-corrected chi connectivity index (χ1v) is 6.16. The molecule has 1 heterocycles. The van der Waals surface area contributed by atoms with E-state index < -0.39 is 0 Å². The molecule has 0 saturated heterocycles. The summed E-state index contributed by atoms with van der Waals surface area (Å²) in [6, 6.07) is 11.8. The van der Waals surface area contributed by atoms with Crippen LogP contribution in [0.2, 0.25) is 0 Å². The lowest BCUT2D eigenvalue weighted by Gasteiger charge is -2.08. The lowest BCUT2D eigenvalue weighted by Crippen LogP contribution is -2.11. The number of pyridine rings is 1. The first-order chi connectivity index (χ1) is 8.34. The number of nitrogens with zero attached hydrogens (tertiary/aromatic N) is 1. The highest BCUT2D eigenvalue weighted by molar-refractivity contribution is 9.10. The summed E-state index contributed by atoms with van der Waals surface area (Å²) in [6.07, 6.45) is 3.44. The van der Waals surface area contributed by atoms with Crippen LogP contribution in [0.4, 0.5) is 5.69 Å². The van der Waals surface area contributed by atoms with Crippen LogP contribution >= 0.6 is 15.9 Å². The second-order valence-electron chi connectivity index (χ2n) is 3.47. The Morgan fingerprint density at radius 3 is 2.71 bits per heavy atom. The molecule has 0 radical (unpaired) electrons. The molecule has 1 aromatic heterocycles. The molecule has 2 aromatic rings. The van der Waals surface area contributed by atoms with E-state index in [1.165, 1.54) is 0 Å². The van der Waals surface area contributed by atoms with Crippen LogP contribution < -0.4 is 10.1 Å². The van der Waals surface area contributed by atoms with Gasteiger partial charge in [0.05, 0.1) is 6.20 Å². The molecule has 1 aromatic carbocycles. The number of hydrogen-bond donors (Lipinski definition) is 1. The molecule has 0 aliphatic rings. The SMILES string of the molecule is Brc1ccc(NCCOc2cccnc2)cc1. The van der Waals surface area contributed by atoms with Gasteiger partial charge < -0.3 is 10.1 Å². The number of hydrogen-bond acceptors (Lipinski definition) is 3. The molecule has 17 heavy (non-hydrogen) atoms. The van der Waals surface area contributed by atoms with Crippen molar-refractivity contribution < 1.29 is 4.74 Å². The zero-order valence-electron chi connectivity index (χ0n) is 9.27. The number of benzene rings is 1. The van der Waals surface area contributed by atoms with Gasteiger partial charge in [-0.1, -0.05) is 15.9 Å². The normalized spacial score (nSPS) is 9.94. The quantitative estimate of drug-likeness (QED) is 0.859. The van der Waals surface area contributed by atoms with Gasteiger partial charge in [-0.15, -0.1) is 0 Å². The highest BCUT2D eigenvalue weighted by atomic mass is 79.9. The molecule has 0 aliphatic carbocycles. The maximum atomic E-state index is 5.52. The van der Waals surface area contributed by atoms with Crippen molar-refractivity contribution in [3.63, 3.8) is 0 Å². The summed E-state index contributed by atoms with van der Waals surface area (Å²) in [6.45, 7) is 1.37. The summed E-state index contributed by atoms with van der Waals surface area (Å²) in [7, 11) is 0. The van der Waals surface area contributed by atoms with Gasteiger partial charge in [0.25, 0.3) is 0 Å². The fraction of sp³-hybridized carbons (Fsp3) is 0.154. The summed E-state index contributed by atoms with van der Waals surface area (Å²) < 4.78 is 6.60. The Bertz CT molecular complexity index is 445. The summed E-state index contributed by atoms with van der Waals surface area (Å²) in [5, 5.41) is 3.28. The van der Waals surface area contributed by atoms with E-state index in [-0.39, 0.29) is 0 Å². The lowest BCUT2D eigenvalue weighted by atomic mass is 10.3. The van der Waals surface area contributed by atoms with Gasteiger partial charge in [-0.25, -0.2) is 0 Å². The lowest BCUT2D eigenvalue weighted by molar-refractivity contribution is 0.331. The van der Waals surface area contributed by atoms with Gasteiger partial charge in [0.15, 0.2) is 0 Å². The molecule has 0 unspecified atom stereocenters. The number of anilines is 1. The minimum atomic E-state index is 0.613. The van der Waals surface area contributed by atoms with E-state index in [4.69, 9.17) is 4.74 Å². The number of halogens is 1. The van der Waals surface area contributed by atoms with Gasteiger partial charge in [0.2, 0.25) is 0 Å². The molecule has 0 fully saturated rings. The monoisotopic (exact) mass is 292 g/mol. The van der Waals surface area contributed by atoms with Crippen LogP contribution in [0.5, 0.6) is 5.75 Å². The highest BCUT2D eigenvalue weighted by Crippen LogP contribution is 2.13. The van der Waals surface area contributed by atoms with Crippen LogP contribution in [0.1, 0.15) is 0 Å². The predicted molar refractivity (Wildman–Crippen MR) is 72.4 cm³/mol. The molecule has 0 amide bonds. The second kappa shape index (κ2) is 6.25. The van der Waals surface area contributed by atoms with Crippen LogP contribution in [0.3, 0.4) is 0 Å². The molecule has 0 spiro atoms. The second-order valence-corrected chi connectivity index (χ2v) is 4.39. The molecule has 0 atom stereocenters. The molecule has 3 nitrogen and oxygen atoms in total. The molecule has 0 aliphatic heterocycles. The molecule has 0 bridgehead atoms. The van der Waals surface area contributed by atoms with Crippen molar-refractivity contribution >= 4 is 21.6 Å². The maximum Gasteiger partial charge on any atom is 0.137 e. The zero-order chi connectivity index (χ0) is 11.9. The van der Waals surface area contributed by atoms with Crippen molar-refractivity contribution in [1.82, 2.24) is 4.98 Å². The Kier molecular flexibility index (Phi) is 4.38. The van der Waals surface area contributed by atoms with Crippen molar-refractivity contribution in [1.29, 1.82) is 0 Å². The Morgan fingerprint density at radius 2 is 2.00 bits per heavy atom. The molecule has 2 rings (SSSR count). The molecular weight excluding hydrogens is 280 g/mol. The van der Waals surface area contributed by atoms with E-state index in [2.05, 4.69) is 26.2 Å². The average molecular weight is 293 g/mol. The fourth-order valence-electron chi connectivity index (χ4n) is 1.36.